The third-order valence-electron chi connectivity index (χ3n) is 7.35. The fourth-order valence-corrected chi connectivity index (χ4v) is 6.02. The summed E-state index contributed by atoms with van der Waals surface area (Å²) in [6.45, 7) is 7.90. The van der Waals surface area contributed by atoms with Gasteiger partial charge in [0.2, 0.25) is 10.0 Å². The fraction of sp³-hybridized carbons (Fsp3) is 0.542. The lowest BCUT2D eigenvalue weighted by Gasteiger charge is -2.26. The summed E-state index contributed by atoms with van der Waals surface area (Å²) in [5.41, 5.74) is 9.07. The molecular formula is C24H34N8O4S. The minimum absolute atomic E-state index is 0.0998. The molecule has 0 spiro atoms. The Morgan fingerprint density at radius 2 is 1.92 bits per heavy atom. The number of aromatic nitrogens is 4. The van der Waals surface area contributed by atoms with Crippen molar-refractivity contribution in [1.29, 1.82) is 0 Å². The first-order valence-electron chi connectivity index (χ1n) is 12.6. The van der Waals surface area contributed by atoms with Gasteiger partial charge < -0.3 is 15.8 Å². The number of fused-ring (bicyclic) bond motifs is 1. The number of nitrogens with zero attached hydrogens (tertiary/aromatic N) is 6. The van der Waals surface area contributed by atoms with Crippen molar-refractivity contribution in [3.05, 3.63) is 36.4 Å². The van der Waals surface area contributed by atoms with Crippen LogP contribution in [-0.2, 0) is 21.3 Å². The molecule has 2 aliphatic rings. The minimum atomic E-state index is -3.32. The molecule has 3 N–H and O–H groups in total. The van der Waals surface area contributed by atoms with Crippen LogP contribution in [0, 0.1) is 5.92 Å². The summed E-state index contributed by atoms with van der Waals surface area (Å²) in [6, 6.07) is 1.79. The summed E-state index contributed by atoms with van der Waals surface area (Å²) in [5.74, 6) is -0.495. The van der Waals surface area contributed by atoms with E-state index >= 15 is 0 Å². The van der Waals surface area contributed by atoms with E-state index in [2.05, 4.69) is 20.4 Å². The number of morpholine rings is 1. The predicted octanol–water partition coefficient (Wildman–Crippen LogP) is 0.711. The minimum Gasteiger partial charge on any atom is -0.379 e. The second-order valence-corrected chi connectivity index (χ2v) is 11.8. The Labute approximate surface area is 216 Å². The Bertz CT molecular complexity index is 1380. The summed E-state index contributed by atoms with van der Waals surface area (Å²) >= 11 is 0. The molecule has 2 saturated heterocycles. The van der Waals surface area contributed by atoms with Crippen molar-refractivity contribution in [3.63, 3.8) is 0 Å². The zero-order valence-corrected chi connectivity index (χ0v) is 22.0. The molecule has 5 rings (SSSR count). The number of amides is 1. The molecule has 0 saturated carbocycles. The van der Waals surface area contributed by atoms with Crippen molar-refractivity contribution in [2.24, 2.45) is 11.7 Å². The summed E-state index contributed by atoms with van der Waals surface area (Å²) < 4.78 is 34.9. The van der Waals surface area contributed by atoms with Crippen LogP contribution in [0.25, 0.3) is 16.6 Å². The number of primary amides is 1. The molecule has 0 radical (unpaired) electrons. The van der Waals surface area contributed by atoms with Crippen LogP contribution in [-0.4, -0.2) is 101 Å². The second kappa shape index (κ2) is 10.4. The molecule has 0 bridgehead atoms. The van der Waals surface area contributed by atoms with Crippen LogP contribution in [0.1, 0.15) is 23.7 Å². The first-order chi connectivity index (χ1) is 17.7. The Hall–Kier alpha value is -3.00. The Morgan fingerprint density at radius 1 is 1.14 bits per heavy atom. The number of nitrogens with one attached hydrogen (secondary N) is 1. The van der Waals surface area contributed by atoms with Crippen LogP contribution in [0.4, 0.5) is 5.69 Å². The van der Waals surface area contributed by atoms with Crippen LogP contribution in [0.3, 0.4) is 0 Å². The van der Waals surface area contributed by atoms with Gasteiger partial charge in [0, 0.05) is 62.3 Å². The SMILES string of the molecule is CC[C@H]1CN(S(C)(=O)=O)C[C@H]1Nc1c(C(N)=O)cnn2cc(-c3cnn(CCN4CCOCC4)c3)cc12. The highest BCUT2D eigenvalue weighted by molar-refractivity contribution is 7.88. The lowest BCUT2D eigenvalue weighted by Crippen LogP contribution is -2.38. The van der Waals surface area contributed by atoms with Crippen molar-refractivity contribution in [2.45, 2.75) is 25.9 Å². The number of rotatable bonds is 9. The summed E-state index contributed by atoms with van der Waals surface area (Å²) in [5, 5.41) is 12.4. The molecule has 1 amide bonds. The fourth-order valence-electron chi connectivity index (χ4n) is 5.12. The first kappa shape index (κ1) is 25.6. The molecule has 0 aliphatic carbocycles. The lowest BCUT2D eigenvalue weighted by atomic mass is 10.00. The molecule has 13 heteroatoms. The van der Waals surface area contributed by atoms with Gasteiger partial charge in [-0.1, -0.05) is 13.3 Å². The zero-order valence-electron chi connectivity index (χ0n) is 21.2. The van der Waals surface area contributed by atoms with Gasteiger partial charge in [-0.25, -0.2) is 12.9 Å². The predicted molar refractivity (Wildman–Crippen MR) is 140 cm³/mol. The monoisotopic (exact) mass is 530 g/mol. The number of nitrogens with two attached hydrogens (primary N) is 1. The van der Waals surface area contributed by atoms with Gasteiger partial charge in [-0.15, -0.1) is 0 Å². The normalized spacial score (nSPS) is 21.6. The van der Waals surface area contributed by atoms with E-state index in [0.29, 0.717) is 24.3 Å². The van der Waals surface area contributed by atoms with Crippen LogP contribution in [0.15, 0.2) is 30.9 Å². The van der Waals surface area contributed by atoms with Gasteiger partial charge >= 0.3 is 0 Å². The molecule has 2 fully saturated rings. The average molecular weight is 531 g/mol. The summed E-state index contributed by atoms with van der Waals surface area (Å²) in [6.07, 6.45) is 9.20. The standard InChI is InChI=1S/C24H34N8O4S/c1-3-17-14-31(37(2,34)35)16-21(17)28-23-20(24(25)33)12-27-32-15-18(10-22(23)32)19-11-26-30(13-19)5-4-29-6-8-36-9-7-29/h10-13,15,17,21,28H,3-9,14,16H2,1-2H3,(H2,25,33)/t17-,21+/m0/s1. The molecule has 2 atom stereocenters. The molecule has 5 heterocycles. The molecule has 0 unspecified atom stereocenters. The molecule has 2 aliphatic heterocycles. The van der Waals surface area contributed by atoms with E-state index in [9.17, 15) is 13.2 Å². The number of hydrogen-bond donors (Lipinski definition) is 2. The van der Waals surface area contributed by atoms with Gasteiger partial charge in [0.15, 0.2) is 0 Å². The quantitative estimate of drug-likeness (QED) is 0.412. The molecule has 0 aromatic carbocycles. The molecule has 12 nitrogen and oxygen atoms in total. The maximum atomic E-state index is 12.3. The third-order valence-corrected chi connectivity index (χ3v) is 8.59. The van der Waals surface area contributed by atoms with Crippen LogP contribution >= 0.6 is 0 Å². The van der Waals surface area contributed by atoms with Crippen molar-refractivity contribution < 1.29 is 17.9 Å². The van der Waals surface area contributed by atoms with Crippen molar-refractivity contribution >= 4 is 27.1 Å². The number of ether oxygens (including phenoxy) is 1. The Balaban J connectivity index is 1.41. The number of carbonyl (C=O) groups excluding carboxylic acids is 1. The second-order valence-electron chi connectivity index (χ2n) is 9.80. The highest BCUT2D eigenvalue weighted by atomic mass is 32.2. The van der Waals surface area contributed by atoms with Gasteiger partial charge in [0.05, 0.1) is 55.2 Å². The van der Waals surface area contributed by atoms with Gasteiger partial charge in [-0.2, -0.15) is 14.5 Å². The van der Waals surface area contributed by atoms with Crippen LogP contribution in [0.5, 0.6) is 0 Å². The Kier molecular flexibility index (Phi) is 7.21. The summed E-state index contributed by atoms with van der Waals surface area (Å²) in [4.78, 5) is 14.7. The van der Waals surface area contributed by atoms with Gasteiger partial charge in [-0.3, -0.25) is 14.4 Å². The van der Waals surface area contributed by atoms with E-state index in [1.54, 1.807) is 4.52 Å². The summed E-state index contributed by atoms with van der Waals surface area (Å²) in [7, 11) is -3.32. The largest absolute Gasteiger partial charge is 0.379 e. The zero-order chi connectivity index (χ0) is 26.2. The molecule has 37 heavy (non-hydrogen) atoms. The highest BCUT2D eigenvalue weighted by Crippen LogP contribution is 2.32. The molecular weight excluding hydrogens is 496 g/mol. The molecule has 200 valence electrons. The maximum Gasteiger partial charge on any atom is 0.252 e. The van der Waals surface area contributed by atoms with Crippen molar-refractivity contribution in [2.75, 3.05) is 57.5 Å². The van der Waals surface area contributed by atoms with E-state index in [1.807, 2.05) is 36.3 Å². The van der Waals surface area contributed by atoms with Crippen LogP contribution < -0.4 is 11.1 Å². The van der Waals surface area contributed by atoms with E-state index in [-0.39, 0.29) is 17.5 Å². The van der Waals surface area contributed by atoms with Crippen molar-refractivity contribution in [1.82, 2.24) is 28.6 Å². The van der Waals surface area contributed by atoms with Gasteiger partial charge in [-0.05, 0) is 12.0 Å². The van der Waals surface area contributed by atoms with E-state index in [4.69, 9.17) is 10.5 Å². The van der Waals surface area contributed by atoms with E-state index in [0.717, 1.165) is 56.9 Å². The third kappa shape index (κ3) is 5.49. The number of anilines is 1. The number of carbonyl (C=O) groups is 1. The Morgan fingerprint density at radius 3 is 2.62 bits per heavy atom. The van der Waals surface area contributed by atoms with Crippen LogP contribution in [0.2, 0.25) is 0 Å². The average Bonchev–Trinajstić information content (AvgIpc) is 3.61. The van der Waals surface area contributed by atoms with Gasteiger partial charge in [0.25, 0.3) is 5.91 Å². The highest BCUT2D eigenvalue weighted by Gasteiger charge is 2.36. The number of hydrogen-bond acceptors (Lipinski definition) is 8. The first-order valence-corrected chi connectivity index (χ1v) is 14.4. The van der Waals surface area contributed by atoms with E-state index < -0.39 is 15.9 Å². The molecule has 3 aromatic heterocycles. The number of sulfonamides is 1. The van der Waals surface area contributed by atoms with Gasteiger partial charge in [0.1, 0.15) is 0 Å². The maximum absolute atomic E-state index is 12.3. The smallest absolute Gasteiger partial charge is 0.252 e. The lowest BCUT2D eigenvalue weighted by molar-refractivity contribution is 0.0360. The molecule has 3 aromatic rings. The van der Waals surface area contributed by atoms with E-state index in [1.165, 1.54) is 16.8 Å². The topological polar surface area (TPSA) is 140 Å². The van der Waals surface area contributed by atoms with Crippen molar-refractivity contribution in [3.8, 4) is 11.1 Å².